The fourth-order valence-electron chi connectivity index (χ4n) is 3.86. The topological polar surface area (TPSA) is 61.9 Å². The van der Waals surface area contributed by atoms with E-state index in [1.807, 2.05) is 27.7 Å². The number of hydrogen-bond acceptors (Lipinski definition) is 6. The Labute approximate surface area is 179 Å². The van der Waals surface area contributed by atoms with Gasteiger partial charge in [0.05, 0.1) is 18.5 Å². The number of aryl methyl sites for hydroxylation is 3. The molecule has 0 atom stereocenters. The van der Waals surface area contributed by atoms with Gasteiger partial charge in [0.25, 0.3) is 5.56 Å². The SMILES string of the molecule is COCCn1c(SCCCCCn2cccn2)nc2sc3c(c2c1=O)CCCC3. The highest BCUT2D eigenvalue weighted by atomic mass is 32.2. The van der Waals surface area contributed by atoms with Gasteiger partial charge in [0.2, 0.25) is 0 Å². The molecule has 29 heavy (non-hydrogen) atoms. The van der Waals surface area contributed by atoms with Crippen LogP contribution >= 0.6 is 23.1 Å². The smallest absolute Gasteiger partial charge is 0.263 e. The Hall–Kier alpha value is -1.64. The van der Waals surface area contributed by atoms with E-state index in [1.54, 1.807) is 30.2 Å². The number of nitrogens with zero attached hydrogens (tertiary/aromatic N) is 4. The molecule has 4 rings (SSSR count). The third-order valence-electron chi connectivity index (χ3n) is 5.38. The van der Waals surface area contributed by atoms with Crippen molar-refractivity contribution in [1.29, 1.82) is 0 Å². The summed E-state index contributed by atoms with van der Waals surface area (Å²) in [7, 11) is 1.68. The monoisotopic (exact) mass is 432 g/mol. The van der Waals surface area contributed by atoms with Crippen LogP contribution in [0.3, 0.4) is 0 Å². The van der Waals surface area contributed by atoms with Crippen molar-refractivity contribution in [3.05, 3.63) is 39.3 Å². The van der Waals surface area contributed by atoms with E-state index in [1.165, 1.54) is 23.3 Å². The van der Waals surface area contributed by atoms with Gasteiger partial charge in [0.15, 0.2) is 5.16 Å². The van der Waals surface area contributed by atoms with Crippen LogP contribution in [0, 0.1) is 0 Å². The minimum absolute atomic E-state index is 0.118. The van der Waals surface area contributed by atoms with E-state index in [0.29, 0.717) is 13.2 Å². The van der Waals surface area contributed by atoms with Gasteiger partial charge in [0, 0.05) is 36.7 Å². The van der Waals surface area contributed by atoms with E-state index in [0.717, 1.165) is 59.8 Å². The summed E-state index contributed by atoms with van der Waals surface area (Å²) in [5.41, 5.74) is 1.38. The first-order valence-corrected chi connectivity index (χ1v) is 12.2. The van der Waals surface area contributed by atoms with Crippen molar-refractivity contribution in [2.24, 2.45) is 0 Å². The molecule has 0 N–H and O–H groups in total. The number of fused-ring (bicyclic) bond motifs is 3. The molecule has 0 saturated heterocycles. The molecule has 1 aliphatic rings. The van der Waals surface area contributed by atoms with Gasteiger partial charge in [-0.2, -0.15) is 5.10 Å². The first-order chi connectivity index (χ1) is 14.3. The predicted molar refractivity (Wildman–Crippen MR) is 119 cm³/mol. The molecule has 0 bridgehead atoms. The highest BCUT2D eigenvalue weighted by Gasteiger charge is 2.22. The van der Waals surface area contributed by atoms with E-state index in [-0.39, 0.29) is 5.56 Å². The zero-order chi connectivity index (χ0) is 20.1. The number of methoxy groups -OCH3 is 1. The van der Waals surface area contributed by atoms with Gasteiger partial charge in [-0.25, -0.2) is 4.98 Å². The van der Waals surface area contributed by atoms with Gasteiger partial charge in [0.1, 0.15) is 4.83 Å². The van der Waals surface area contributed by atoms with Crippen molar-refractivity contribution in [3.8, 4) is 0 Å². The van der Waals surface area contributed by atoms with Crippen LogP contribution in [0.4, 0.5) is 0 Å². The number of thiophene rings is 1. The highest BCUT2D eigenvalue weighted by molar-refractivity contribution is 7.99. The fourth-order valence-corrected chi connectivity index (χ4v) is 6.19. The van der Waals surface area contributed by atoms with Gasteiger partial charge >= 0.3 is 0 Å². The summed E-state index contributed by atoms with van der Waals surface area (Å²) in [6, 6.07) is 1.96. The van der Waals surface area contributed by atoms with Crippen LogP contribution in [-0.4, -0.2) is 38.8 Å². The molecule has 0 aromatic carbocycles. The van der Waals surface area contributed by atoms with Crippen molar-refractivity contribution in [2.75, 3.05) is 19.5 Å². The summed E-state index contributed by atoms with van der Waals surface area (Å²) >= 11 is 3.43. The molecule has 0 spiro atoms. The zero-order valence-corrected chi connectivity index (χ0v) is 18.6. The van der Waals surface area contributed by atoms with E-state index in [2.05, 4.69) is 5.10 Å². The molecule has 0 fully saturated rings. The number of ether oxygens (including phenoxy) is 1. The maximum Gasteiger partial charge on any atom is 0.263 e. The lowest BCUT2D eigenvalue weighted by Gasteiger charge is -2.13. The molecule has 1 aliphatic carbocycles. The highest BCUT2D eigenvalue weighted by Crippen LogP contribution is 2.34. The lowest BCUT2D eigenvalue weighted by Crippen LogP contribution is -2.25. The summed E-state index contributed by atoms with van der Waals surface area (Å²) in [5.74, 6) is 0.967. The fraction of sp³-hybridized carbons (Fsp3) is 0.571. The van der Waals surface area contributed by atoms with Gasteiger partial charge in [-0.05, 0) is 50.2 Å². The van der Waals surface area contributed by atoms with Crippen molar-refractivity contribution in [1.82, 2.24) is 19.3 Å². The second-order valence-corrected chi connectivity index (χ2v) is 9.56. The summed E-state index contributed by atoms with van der Waals surface area (Å²) in [4.78, 5) is 20.5. The molecule has 0 amide bonds. The van der Waals surface area contributed by atoms with Crippen molar-refractivity contribution in [2.45, 2.75) is 63.2 Å². The molecule has 8 heteroatoms. The molecular formula is C21H28N4O2S2. The van der Waals surface area contributed by atoms with Crippen LogP contribution in [-0.2, 0) is 30.7 Å². The van der Waals surface area contributed by atoms with Crippen LogP contribution in [0.5, 0.6) is 0 Å². The minimum Gasteiger partial charge on any atom is -0.383 e. The van der Waals surface area contributed by atoms with Crippen LogP contribution in [0.15, 0.2) is 28.4 Å². The zero-order valence-electron chi connectivity index (χ0n) is 16.9. The normalized spacial score (nSPS) is 13.8. The maximum atomic E-state index is 13.3. The van der Waals surface area contributed by atoms with Gasteiger partial charge in [-0.15, -0.1) is 11.3 Å². The Morgan fingerprint density at radius 1 is 1.21 bits per heavy atom. The lowest BCUT2D eigenvalue weighted by molar-refractivity contribution is 0.183. The summed E-state index contributed by atoms with van der Waals surface area (Å²) < 4.78 is 9.06. The van der Waals surface area contributed by atoms with Crippen LogP contribution in [0.25, 0.3) is 10.2 Å². The predicted octanol–water partition coefficient (Wildman–Crippen LogP) is 4.14. The van der Waals surface area contributed by atoms with Gasteiger partial charge in [-0.3, -0.25) is 14.0 Å². The first kappa shape index (κ1) is 20.6. The number of rotatable bonds is 10. The first-order valence-electron chi connectivity index (χ1n) is 10.4. The Balaban J connectivity index is 1.46. The second kappa shape index (κ2) is 9.91. The van der Waals surface area contributed by atoms with Crippen LogP contribution in [0.1, 0.15) is 42.5 Å². The molecule has 3 aromatic heterocycles. The summed E-state index contributed by atoms with van der Waals surface area (Å²) in [5, 5.41) is 5.94. The summed E-state index contributed by atoms with van der Waals surface area (Å²) in [6.45, 7) is 2.04. The van der Waals surface area contributed by atoms with Gasteiger partial charge < -0.3 is 4.74 Å². The number of hydrogen-bond donors (Lipinski definition) is 0. The van der Waals surface area contributed by atoms with E-state index >= 15 is 0 Å². The van der Waals surface area contributed by atoms with Gasteiger partial charge in [-0.1, -0.05) is 18.2 Å². The third-order valence-corrected chi connectivity index (χ3v) is 7.63. The Morgan fingerprint density at radius 2 is 2.10 bits per heavy atom. The Bertz CT molecular complexity index is 994. The minimum atomic E-state index is 0.118. The Morgan fingerprint density at radius 3 is 2.93 bits per heavy atom. The molecule has 3 aromatic rings. The molecule has 0 unspecified atom stereocenters. The molecule has 0 radical (unpaired) electrons. The average Bonchev–Trinajstić information content (AvgIpc) is 3.37. The largest absolute Gasteiger partial charge is 0.383 e. The van der Waals surface area contributed by atoms with E-state index in [9.17, 15) is 4.79 Å². The average molecular weight is 433 g/mol. The Kier molecular flexibility index (Phi) is 7.05. The molecule has 0 aliphatic heterocycles. The third kappa shape index (κ3) is 4.75. The molecular weight excluding hydrogens is 404 g/mol. The van der Waals surface area contributed by atoms with E-state index in [4.69, 9.17) is 9.72 Å². The second-order valence-electron chi connectivity index (χ2n) is 7.41. The lowest BCUT2D eigenvalue weighted by atomic mass is 9.97. The number of aromatic nitrogens is 4. The van der Waals surface area contributed by atoms with Crippen molar-refractivity contribution < 1.29 is 4.74 Å². The molecule has 0 saturated carbocycles. The van der Waals surface area contributed by atoms with E-state index < -0.39 is 0 Å². The quantitative estimate of drug-likeness (QED) is 0.274. The molecule has 3 heterocycles. The molecule has 6 nitrogen and oxygen atoms in total. The van der Waals surface area contributed by atoms with Crippen molar-refractivity contribution in [3.63, 3.8) is 0 Å². The summed E-state index contributed by atoms with van der Waals surface area (Å²) in [6.07, 6.45) is 11.7. The van der Waals surface area contributed by atoms with Crippen LogP contribution in [0.2, 0.25) is 0 Å². The number of unbranched alkanes of at least 4 members (excludes halogenated alkanes) is 2. The van der Waals surface area contributed by atoms with Crippen molar-refractivity contribution >= 4 is 33.3 Å². The molecule has 156 valence electrons. The van der Waals surface area contributed by atoms with Crippen LogP contribution < -0.4 is 5.56 Å². The standard InChI is InChI=1S/C21H28N4O2S2/c1-27-14-13-25-20(26)18-16-8-3-4-9-17(16)29-19(18)23-21(25)28-15-6-2-5-11-24-12-7-10-22-24/h7,10,12H,2-6,8-9,11,13-15H2,1H3. The number of thioether (sulfide) groups is 1. The maximum absolute atomic E-state index is 13.3.